The van der Waals surface area contributed by atoms with E-state index >= 15 is 0 Å². The molecule has 5 heteroatoms. The van der Waals surface area contributed by atoms with Crippen molar-refractivity contribution in [3.05, 3.63) is 11.6 Å². The van der Waals surface area contributed by atoms with Gasteiger partial charge in [0, 0.05) is 24.5 Å². The maximum atomic E-state index is 11.6. The molecule has 0 aromatic carbocycles. The van der Waals surface area contributed by atoms with Crippen LogP contribution in [0.15, 0.2) is 11.6 Å². The molecule has 2 heterocycles. The van der Waals surface area contributed by atoms with E-state index in [1.165, 1.54) is 30.6 Å². The Kier molecular flexibility index (Phi) is 4.30. The average molecular weight is 239 g/mol. The molecule has 1 aliphatic heterocycles. The number of carbonyl (C=O) groups excluding carboxylic acids is 1. The molecule has 4 nitrogen and oxygen atoms in total. The second-order valence-corrected chi connectivity index (χ2v) is 4.93. The van der Waals surface area contributed by atoms with Gasteiger partial charge in [-0.2, -0.15) is 0 Å². The van der Waals surface area contributed by atoms with Crippen molar-refractivity contribution in [3.63, 3.8) is 0 Å². The molecule has 0 aliphatic carbocycles. The van der Waals surface area contributed by atoms with E-state index in [4.69, 9.17) is 0 Å². The number of piperidine rings is 1. The fourth-order valence-electron chi connectivity index (χ4n) is 1.91. The number of nitrogens with one attached hydrogen (secondary N) is 1. The van der Waals surface area contributed by atoms with Crippen LogP contribution >= 0.6 is 11.3 Å². The molecule has 0 spiro atoms. The van der Waals surface area contributed by atoms with Crippen LogP contribution in [0.25, 0.3) is 0 Å². The first-order valence-corrected chi connectivity index (χ1v) is 6.64. The van der Waals surface area contributed by atoms with Gasteiger partial charge in [-0.3, -0.25) is 4.79 Å². The molecule has 1 aliphatic rings. The van der Waals surface area contributed by atoms with Gasteiger partial charge in [-0.05, 0) is 25.9 Å². The number of anilines is 1. The lowest BCUT2D eigenvalue weighted by Gasteiger charge is -2.25. The van der Waals surface area contributed by atoms with E-state index in [1.807, 2.05) is 5.38 Å². The second-order valence-electron chi connectivity index (χ2n) is 4.04. The van der Waals surface area contributed by atoms with Crippen LogP contribution in [0.4, 0.5) is 5.13 Å². The Bertz CT molecular complexity index is 320. The molecule has 0 atom stereocenters. The number of hydrogen-bond donors (Lipinski definition) is 1. The Morgan fingerprint density at radius 2 is 2.25 bits per heavy atom. The Labute approximate surface area is 99.7 Å². The lowest BCUT2D eigenvalue weighted by atomic mass is 10.1. The number of likely N-dealkylation sites (tertiary alicyclic amines) is 1. The van der Waals surface area contributed by atoms with Gasteiger partial charge in [0.2, 0.25) is 5.91 Å². The van der Waals surface area contributed by atoms with Gasteiger partial charge >= 0.3 is 0 Å². The summed E-state index contributed by atoms with van der Waals surface area (Å²) in [4.78, 5) is 18.0. The van der Waals surface area contributed by atoms with E-state index in [2.05, 4.69) is 15.2 Å². The zero-order valence-electron chi connectivity index (χ0n) is 9.32. The Hall–Kier alpha value is -0.940. The Balaban J connectivity index is 1.67. The lowest BCUT2D eigenvalue weighted by Crippen LogP contribution is -2.32. The van der Waals surface area contributed by atoms with Crippen molar-refractivity contribution in [2.24, 2.45) is 0 Å². The van der Waals surface area contributed by atoms with Gasteiger partial charge in [0.25, 0.3) is 0 Å². The first kappa shape index (κ1) is 11.5. The summed E-state index contributed by atoms with van der Waals surface area (Å²) in [6.45, 7) is 3.16. The van der Waals surface area contributed by atoms with Crippen LogP contribution in [-0.4, -0.2) is 35.4 Å². The summed E-state index contributed by atoms with van der Waals surface area (Å²) in [6, 6.07) is 0. The van der Waals surface area contributed by atoms with Gasteiger partial charge in [-0.25, -0.2) is 4.98 Å². The second kappa shape index (κ2) is 5.96. The fourth-order valence-corrected chi connectivity index (χ4v) is 2.45. The molecule has 88 valence electrons. The van der Waals surface area contributed by atoms with Crippen molar-refractivity contribution < 1.29 is 4.79 Å². The highest BCUT2D eigenvalue weighted by Gasteiger charge is 2.11. The summed E-state index contributed by atoms with van der Waals surface area (Å²) in [5.74, 6) is 0.0699. The van der Waals surface area contributed by atoms with Crippen LogP contribution in [0, 0.1) is 0 Å². The summed E-state index contributed by atoms with van der Waals surface area (Å²) in [5, 5.41) is 5.36. The third-order valence-corrected chi connectivity index (χ3v) is 3.47. The van der Waals surface area contributed by atoms with Crippen molar-refractivity contribution >= 4 is 22.4 Å². The number of thiazole rings is 1. The quantitative estimate of drug-likeness (QED) is 0.873. The van der Waals surface area contributed by atoms with Crippen LogP contribution < -0.4 is 5.32 Å². The van der Waals surface area contributed by atoms with Crippen molar-refractivity contribution in [1.82, 2.24) is 9.88 Å². The molecule has 1 aromatic rings. The zero-order valence-corrected chi connectivity index (χ0v) is 10.1. The van der Waals surface area contributed by atoms with E-state index < -0.39 is 0 Å². The van der Waals surface area contributed by atoms with E-state index in [9.17, 15) is 4.79 Å². The normalized spacial score (nSPS) is 17.2. The largest absolute Gasteiger partial charge is 0.303 e. The highest BCUT2D eigenvalue weighted by atomic mass is 32.1. The third kappa shape index (κ3) is 3.57. The summed E-state index contributed by atoms with van der Waals surface area (Å²) in [6.07, 6.45) is 6.15. The fraction of sp³-hybridized carbons (Fsp3) is 0.636. The van der Waals surface area contributed by atoms with Crippen LogP contribution in [-0.2, 0) is 4.79 Å². The molecule has 0 unspecified atom stereocenters. The van der Waals surface area contributed by atoms with Gasteiger partial charge in [-0.15, -0.1) is 11.3 Å². The highest BCUT2D eigenvalue weighted by Crippen LogP contribution is 2.12. The van der Waals surface area contributed by atoms with Gasteiger partial charge in [0.1, 0.15) is 0 Å². The molecule has 0 saturated carbocycles. The van der Waals surface area contributed by atoms with Crippen molar-refractivity contribution in [2.45, 2.75) is 25.7 Å². The zero-order chi connectivity index (χ0) is 11.2. The van der Waals surface area contributed by atoms with Crippen LogP contribution in [0.2, 0.25) is 0 Å². The average Bonchev–Trinajstić information content (AvgIpc) is 2.81. The SMILES string of the molecule is O=C(CCN1CCCCC1)Nc1nccs1. The minimum Gasteiger partial charge on any atom is -0.303 e. The molecule has 2 rings (SSSR count). The number of amides is 1. The van der Waals surface area contributed by atoms with Crippen LogP contribution in [0.3, 0.4) is 0 Å². The molecular formula is C11H17N3OS. The number of hydrogen-bond acceptors (Lipinski definition) is 4. The van der Waals surface area contributed by atoms with E-state index in [1.54, 1.807) is 6.20 Å². The minimum absolute atomic E-state index is 0.0699. The van der Waals surface area contributed by atoms with Gasteiger partial charge in [0.15, 0.2) is 5.13 Å². The number of rotatable bonds is 4. The molecule has 16 heavy (non-hydrogen) atoms. The Morgan fingerprint density at radius 3 is 2.94 bits per heavy atom. The smallest absolute Gasteiger partial charge is 0.227 e. The minimum atomic E-state index is 0.0699. The van der Waals surface area contributed by atoms with E-state index in [-0.39, 0.29) is 5.91 Å². The number of nitrogens with zero attached hydrogens (tertiary/aromatic N) is 2. The summed E-state index contributed by atoms with van der Waals surface area (Å²) in [7, 11) is 0. The van der Waals surface area contributed by atoms with E-state index in [0.29, 0.717) is 11.6 Å². The first-order valence-electron chi connectivity index (χ1n) is 5.76. The van der Waals surface area contributed by atoms with Gasteiger partial charge < -0.3 is 10.2 Å². The first-order chi connectivity index (χ1) is 7.84. The standard InChI is InChI=1S/C11H17N3OS/c15-10(13-11-12-5-9-16-11)4-8-14-6-2-1-3-7-14/h5,9H,1-4,6-8H2,(H,12,13,15). The highest BCUT2D eigenvalue weighted by molar-refractivity contribution is 7.13. The topological polar surface area (TPSA) is 45.2 Å². The van der Waals surface area contributed by atoms with Crippen LogP contribution in [0.1, 0.15) is 25.7 Å². The summed E-state index contributed by atoms with van der Waals surface area (Å²) in [5.41, 5.74) is 0. The summed E-state index contributed by atoms with van der Waals surface area (Å²) < 4.78 is 0. The maximum Gasteiger partial charge on any atom is 0.227 e. The molecule has 0 bridgehead atoms. The van der Waals surface area contributed by atoms with Crippen molar-refractivity contribution in [1.29, 1.82) is 0 Å². The summed E-state index contributed by atoms with van der Waals surface area (Å²) >= 11 is 1.46. The predicted octanol–water partition coefficient (Wildman–Crippen LogP) is 1.96. The molecule has 1 fully saturated rings. The molecule has 1 aromatic heterocycles. The molecule has 1 N–H and O–H groups in total. The van der Waals surface area contributed by atoms with Crippen molar-refractivity contribution in [3.8, 4) is 0 Å². The number of carbonyl (C=O) groups is 1. The van der Waals surface area contributed by atoms with Gasteiger partial charge in [-0.1, -0.05) is 6.42 Å². The Morgan fingerprint density at radius 1 is 1.44 bits per heavy atom. The molecule has 1 amide bonds. The van der Waals surface area contributed by atoms with Crippen molar-refractivity contribution in [2.75, 3.05) is 25.0 Å². The third-order valence-electron chi connectivity index (χ3n) is 2.78. The predicted molar refractivity (Wildman–Crippen MR) is 65.7 cm³/mol. The number of aromatic nitrogens is 1. The van der Waals surface area contributed by atoms with Gasteiger partial charge in [0.05, 0.1) is 0 Å². The lowest BCUT2D eigenvalue weighted by molar-refractivity contribution is -0.116. The molecule has 1 saturated heterocycles. The maximum absolute atomic E-state index is 11.6. The molecule has 0 radical (unpaired) electrons. The van der Waals surface area contributed by atoms with E-state index in [0.717, 1.165) is 19.6 Å². The monoisotopic (exact) mass is 239 g/mol. The van der Waals surface area contributed by atoms with Crippen LogP contribution in [0.5, 0.6) is 0 Å². The molecular weight excluding hydrogens is 222 g/mol.